The summed E-state index contributed by atoms with van der Waals surface area (Å²) < 4.78 is 11.2. The van der Waals surface area contributed by atoms with Gasteiger partial charge in [0.1, 0.15) is 24.4 Å². The van der Waals surface area contributed by atoms with Gasteiger partial charge in [0, 0.05) is 6.42 Å². The molecule has 0 spiro atoms. The fourth-order valence-corrected chi connectivity index (χ4v) is 7.40. The van der Waals surface area contributed by atoms with Crippen LogP contribution >= 0.6 is 0 Å². The fraction of sp³-hybridized carbons (Fsp3) is 0.854. The Balaban J connectivity index is 2.21. The molecule has 0 aromatic carbocycles. The zero-order valence-corrected chi connectivity index (χ0v) is 36.6. The summed E-state index contributed by atoms with van der Waals surface area (Å²) in [4.78, 5) is 12.9. The standard InChI is InChI=1S/C48H89NO8/c1-3-5-7-9-11-13-14-15-16-17-18-19-20-21-22-23-24-25-26-27-28-30-32-34-36-38-44(52)49-41(42(51)37-35-33-31-29-12-10-8-6-4-2)40-56-48-47(55)46(54)45(53)43(39-50)57-48/h14-15,17-18,20-21,41-43,45-48,50-51,53-55H,3-13,16,19,22-40H2,1-2H3,(H,49,52)/b15-14-,18-17-,21-20-. The predicted octanol–water partition coefficient (Wildman–Crippen LogP) is 10.1. The molecule has 6 N–H and O–H groups in total. The molecule has 1 aliphatic heterocycles. The quantitative estimate of drug-likeness (QED) is 0.0266. The van der Waals surface area contributed by atoms with Gasteiger partial charge in [0.05, 0.1) is 25.4 Å². The summed E-state index contributed by atoms with van der Waals surface area (Å²) in [5, 5.41) is 54.2. The van der Waals surface area contributed by atoms with Crippen LogP contribution in [-0.4, -0.2) is 87.5 Å². The monoisotopic (exact) mass is 808 g/mol. The Bertz CT molecular complexity index is 987. The summed E-state index contributed by atoms with van der Waals surface area (Å²) >= 11 is 0. The summed E-state index contributed by atoms with van der Waals surface area (Å²) in [7, 11) is 0. The van der Waals surface area contributed by atoms with E-state index in [2.05, 4.69) is 55.6 Å². The maximum atomic E-state index is 12.9. The number of carbonyl (C=O) groups is 1. The Morgan fingerprint density at radius 3 is 1.53 bits per heavy atom. The Labute approximate surface area is 349 Å². The van der Waals surface area contributed by atoms with Gasteiger partial charge in [0.2, 0.25) is 5.91 Å². The van der Waals surface area contributed by atoms with Gasteiger partial charge in [-0.05, 0) is 51.4 Å². The summed E-state index contributed by atoms with van der Waals surface area (Å²) in [6, 6.07) is -0.718. The predicted molar refractivity (Wildman–Crippen MR) is 235 cm³/mol. The van der Waals surface area contributed by atoms with E-state index in [4.69, 9.17) is 9.47 Å². The van der Waals surface area contributed by atoms with Crippen LogP contribution in [0, 0.1) is 0 Å². The first kappa shape index (κ1) is 53.4. The number of ether oxygens (including phenoxy) is 2. The van der Waals surface area contributed by atoms with Crippen LogP contribution in [0.15, 0.2) is 36.5 Å². The SMILES string of the molecule is CCCCCCC/C=C\C/C=C\C/C=C\CCCCCCCCCCCCC(=O)NC(COC1OC(CO)C(O)C(O)C1O)C(O)CCCCCCCCCCC. The molecule has 1 heterocycles. The molecule has 1 saturated heterocycles. The van der Waals surface area contributed by atoms with Crippen LogP contribution in [0.3, 0.4) is 0 Å². The number of aliphatic hydroxyl groups excluding tert-OH is 5. The lowest BCUT2D eigenvalue weighted by molar-refractivity contribution is -0.302. The van der Waals surface area contributed by atoms with Crippen LogP contribution in [0.4, 0.5) is 0 Å². The molecule has 9 heteroatoms. The molecule has 7 unspecified atom stereocenters. The molecular formula is C48H89NO8. The number of allylic oxidation sites excluding steroid dienone is 6. The molecule has 1 fully saturated rings. The van der Waals surface area contributed by atoms with Crippen molar-refractivity contribution in [2.24, 2.45) is 0 Å². The highest BCUT2D eigenvalue weighted by atomic mass is 16.7. The highest BCUT2D eigenvalue weighted by Gasteiger charge is 2.44. The molecule has 0 saturated carbocycles. The molecule has 0 bridgehead atoms. The minimum absolute atomic E-state index is 0.140. The lowest BCUT2D eigenvalue weighted by atomic mass is 9.99. The maximum absolute atomic E-state index is 12.9. The number of rotatable bonds is 39. The molecule has 0 aromatic rings. The molecule has 0 aliphatic carbocycles. The van der Waals surface area contributed by atoms with Crippen molar-refractivity contribution in [3.05, 3.63) is 36.5 Å². The number of carbonyl (C=O) groups excluding carboxylic acids is 1. The maximum Gasteiger partial charge on any atom is 0.220 e. The minimum atomic E-state index is -1.55. The second-order valence-electron chi connectivity index (χ2n) is 16.6. The summed E-state index contributed by atoms with van der Waals surface area (Å²) in [6.45, 7) is 3.79. The summed E-state index contributed by atoms with van der Waals surface area (Å²) in [6.07, 6.45) is 40.2. The molecule has 57 heavy (non-hydrogen) atoms. The first-order valence-corrected chi connectivity index (χ1v) is 23.7. The number of hydrogen-bond acceptors (Lipinski definition) is 8. The number of hydrogen-bond donors (Lipinski definition) is 6. The van der Waals surface area contributed by atoms with E-state index in [9.17, 15) is 30.3 Å². The van der Waals surface area contributed by atoms with Crippen molar-refractivity contribution in [3.63, 3.8) is 0 Å². The topological polar surface area (TPSA) is 149 Å². The van der Waals surface area contributed by atoms with Gasteiger partial charge in [-0.1, -0.05) is 185 Å². The van der Waals surface area contributed by atoms with E-state index in [1.807, 2.05) is 0 Å². The van der Waals surface area contributed by atoms with E-state index in [0.717, 1.165) is 51.4 Å². The average Bonchev–Trinajstić information content (AvgIpc) is 3.21. The van der Waals surface area contributed by atoms with Gasteiger partial charge in [-0.3, -0.25) is 4.79 Å². The van der Waals surface area contributed by atoms with Crippen molar-refractivity contribution in [1.82, 2.24) is 5.32 Å². The van der Waals surface area contributed by atoms with Gasteiger partial charge in [0.25, 0.3) is 0 Å². The zero-order chi connectivity index (χ0) is 41.6. The molecule has 334 valence electrons. The Morgan fingerprint density at radius 1 is 0.596 bits per heavy atom. The number of amides is 1. The molecule has 1 aliphatic rings. The van der Waals surface area contributed by atoms with Crippen molar-refractivity contribution in [2.45, 2.75) is 249 Å². The second kappa shape index (κ2) is 38.6. The van der Waals surface area contributed by atoms with Crippen molar-refractivity contribution < 1.29 is 39.8 Å². The van der Waals surface area contributed by atoms with Crippen LogP contribution in [0.2, 0.25) is 0 Å². The first-order chi connectivity index (χ1) is 27.8. The highest BCUT2D eigenvalue weighted by Crippen LogP contribution is 2.23. The minimum Gasteiger partial charge on any atom is -0.394 e. The van der Waals surface area contributed by atoms with E-state index in [1.165, 1.54) is 128 Å². The second-order valence-corrected chi connectivity index (χ2v) is 16.6. The van der Waals surface area contributed by atoms with Crippen LogP contribution < -0.4 is 5.32 Å². The smallest absolute Gasteiger partial charge is 0.220 e. The largest absolute Gasteiger partial charge is 0.394 e. The van der Waals surface area contributed by atoms with Gasteiger partial charge in [-0.15, -0.1) is 0 Å². The van der Waals surface area contributed by atoms with Crippen molar-refractivity contribution in [2.75, 3.05) is 13.2 Å². The number of unbranched alkanes of at least 4 members (excludes halogenated alkanes) is 23. The third-order valence-corrected chi connectivity index (χ3v) is 11.2. The van der Waals surface area contributed by atoms with Crippen molar-refractivity contribution in [1.29, 1.82) is 0 Å². The Kier molecular flexibility index (Phi) is 36.2. The number of aliphatic hydroxyl groups is 5. The van der Waals surface area contributed by atoms with Gasteiger partial charge >= 0.3 is 0 Å². The molecule has 1 rings (SSSR count). The lowest BCUT2D eigenvalue weighted by Crippen LogP contribution is -2.60. The third-order valence-electron chi connectivity index (χ3n) is 11.2. The highest BCUT2D eigenvalue weighted by molar-refractivity contribution is 5.76. The van der Waals surface area contributed by atoms with E-state index in [1.54, 1.807) is 0 Å². The van der Waals surface area contributed by atoms with E-state index < -0.39 is 49.5 Å². The van der Waals surface area contributed by atoms with E-state index in [-0.39, 0.29) is 12.5 Å². The molecule has 9 nitrogen and oxygen atoms in total. The molecule has 1 amide bonds. The first-order valence-electron chi connectivity index (χ1n) is 23.7. The van der Waals surface area contributed by atoms with Crippen LogP contribution in [-0.2, 0) is 14.3 Å². The molecule has 0 radical (unpaired) electrons. The number of nitrogens with one attached hydrogen (secondary N) is 1. The van der Waals surface area contributed by atoms with Crippen LogP contribution in [0.25, 0.3) is 0 Å². The van der Waals surface area contributed by atoms with Gasteiger partial charge in [-0.25, -0.2) is 0 Å². The van der Waals surface area contributed by atoms with E-state index in [0.29, 0.717) is 12.8 Å². The Morgan fingerprint density at radius 2 is 1.04 bits per heavy atom. The lowest BCUT2D eigenvalue weighted by Gasteiger charge is -2.40. The van der Waals surface area contributed by atoms with Gasteiger partial charge in [-0.2, -0.15) is 0 Å². The average molecular weight is 808 g/mol. The van der Waals surface area contributed by atoms with Crippen molar-refractivity contribution in [3.8, 4) is 0 Å². The summed E-state index contributed by atoms with van der Waals surface area (Å²) in [5.41, 5.74) is 0. The van der Waals surface area contributed by atoms with E-state index >= 15 is 0 Å². The van der Waals surface area contributed by atoms with Crippen molar-refractivity contribution >= 4 is 5.91 Å². The van der Waals surface area contributed by atoms with Crippen LogP contribution in [0.5, 0.6) is 0 Å². The summed E-state index contributed by atoms with van der Waals surface area (Å²) in [5.74, 6) is -0.152. The van der Waals surface area contributed by atoms with Crippen LogP contribution in [0.1, 0.15) is 206 Å². The van der Waals surface area contributed by atoms with Gasteiger partial charge in [0.15, 0.2) is 6.29 Å². The third kappa shape index (κ3) is 29.3. The fourth-order valence-electron chi connectivity index (χ4n) is 7.40. The molecule has 0 aromatic heterocycles. The molecular weight excluding hydrogens is 719 g/mol. The normalized spacial score (nSPS) is 21.3. The Hall–Kier alpha value is -1.59. The molecule has 7 atom stereocenters. The van der Waals surface area contributed by atoms with Gasteiger partial charge < -0.3 is 40.3 Å². The zero-order valence-electron chi connectivity index (χ0n) is 36.6.